The molecule has 7 atom stereocenters. The predicted molar refractivity (Wildman–Crippen MR) is 156 cm³/mol. The van der Waals surface area contributed by atoms with Gasteiger partial charge in [-0.3, -0.25) is 14.4 Å². The van der Waals surface area contributed by atoms with Crippen molar-refractivity contribution in [3.05, 3.63) is 54.6 Å². The highest BCUT2D eigenvalue weighted by atomic mass is 32.2. The molecular weight excluding hydrogens is 512 g/mol. The second-order valence-electron chi connectivity index (χ2n) is 11.5. The molecule has 3 heterocycles. The van der Waals surface area contributed by atoms with E-state index in [1.165, 1.54) is 6.08 Å². The van der Waals surface area contributed by atoms with E-state index >= 15 is 0 Å². The Morgan fingerprint density at radius 1 is 1.26 bits per heavy atom. The fourth-order valence-corrected chi connectivity index (χ4v) is 9.53. The van der Waals surface area contributed by atoms with Crippen molar-refractivity contribution in [1.82, 2.24) is 4.90 Å². The molecule has 3 saturated heterocycles. The Bertz CT molecular complexity index is 1150. The molecular formula is C31H42N2O5S. The first-order valence-corrected chi connectivity index (χ1v) is 14.7. The lowest BCUT2D eigenvalue weighted by atomic mass is 9.66. The number of amides is 2. The standard InChI is InChI=1S/C31H42N2O5S/c1-8-16-32(25-20(5)12-11-13-21(25)6)28(36)26-31-15-14-30(7,39-31)24(29(37)38-17-9-2)23(31)27(35)33(26)22(18-34)19(4)10-3/h8-9,11-13,19,22-24,26,34H,1-2,10,14-18H2,3-7H3/t19-,22-,23-,24-,26?,30+,31?/m0/s1. The Morgan fingerprint density at radius 3 is 2.49 bits per heavy atom. The molecule has 2 amide bonds. The van der Waals surface area contributed by atoms with Gasteiger partial charge in [0, 0.05) is 17.0 Å². The van der Waals surface area contributed by atoms with E-state index < -0.39 is 39.4 Å². The van der Waals surface area contributed by atoms with Crippen molar-refractivity contribution < 1.29 is 24.2 Å². The van der Waals surface area contributed by atoms with Crippen LogP contribution in [0.2, 0.25) is 0 Å². The Kier molecular flexibility index (Phi) is 8.39. The molecule has 0 aliphatic carbocycles. The van der Waals surface area contributed by atoms with E-state index in [9.17, 15) is 19.5 Å². The van der Waals surface area contributed by atoms with Gasteiger partial charge in [-0.15, -0.1) is 18.3 Å². The van der Waals surface area contributed by atoms with Crippen LogP contribution >= 0.6 is 11.8 Å². The van der Waals surface area contributed by atoms with E-state index in [1.54, 1.807) is 27.6 Å². The third-order valence-electron chi connectivity index (χ3n) is 9.18. The van der Waals surface area contributed by atoms with Gasteiger partial charge in [0.05, 0.1) is 29.2 Å². The first-order valence-electron chi connectivity index (χ1n) is 13.9. The molecule has 1 spiro atoms. The minimum atomic E-state index is -0.830. The molecule has 0 aromatic heterocycles. The number of likely N-dealkylation sites (tertiary alicyclic amines) is 1. The average Bonchev–Trinajstić information content (AvgIpc) is 3.47. The second kappa shape index (κ2) is 11.1. The van der Waals surface area contributed by atoms with Crippen LogP contribution in [-0.4, -0.2) is 69.1 Å². The number of fused-ring (bicyclic) bond motifs is 1. The molecule has 0 radical (unpaired) electrons. The van der Waals surface area contributed by atoms with E-state index in [1.807, 2.05) is 52.8 Å². The van der Waals surface area contributed by atoms with Gasteiger partial charge >= 0.3 is 5.97 Å². The Morgan fingerprint density at radius 2 is 1.92 bits per heavy atom. The molecule has 2 unspecified atom stereocenters. The lowest BCUT2D eigenvalue weighted by Crippen LogP contribution is -2.59. The first kappa shape index (κ1) is 29.4. The van der Waals surface area contributed by atoms with Crippen LogP contribution < -0.4 is 4.90 Å². The molecule has 1 aromatic rings. The summed E-state index contributed by atoms with van der Waals surface area (Å²) in [5.41, 5.74) is 2.72. The number of carbonyl (C=O) groups is 3. The molecule has 212 valence electrons. The normalized spacial score (nSPS) is 30.6. The number of aliphatic hydroxyl groups is 1. The molecule has 3 fully saturated rings. The van der Waals surface area contributed by atoms with E-state index in [4.69, 9.17) is 4.74 Å². The summed E-state index contributed by atoms with van der Waals surface area (Å²) in [4.78, 5) is 46.2. The Labute approximate surface area is 236 Å². The number of carbonyl (C=O) groups excluding carboxylic acids is 3. The van der Waals surface area contributed by atoms with Crippen LogP contribution in [0.5, 0.6) is 0 Å². The predicted octanol–water partition coefficient (Wildman–Crippen LogP) is 4.44. The van der Waals surface area contributed by atoms with Crippen LogP contribution in [0.1, 0.15) is 51.2 Å². The average molecular weight is 555 g/mol. The number of rotatable bonds is 11. The Balaban J connectivity index is 1.89. The first-order chi connectivity index (χ1) is 18.5. The molecule has 3 aliphatic heterocycles. The number of nitrogens with zero attached hydrogens (tertiary/aromatic N) is 2. The van der Waals surface area contributed by atoms with Gasteiger partial charge < -0.3 is 19.6 Å². The minimum absolute atomic E-state index is 0.0403. The lowest BCUT2D eigenvalue weighted by Gasteiger charge is -2.41. The van der Waals surface area contributed by atoms with Gasteiger partial charge in [0.15, 0.2) is 0 Å². The number of hydrogen-bond acceptors (Lipinski definition) is 6. The highest BCUT2D eigenvalue weighted by molar-refractivity contribution is 8.02. The van der Waals surface area contributed by atoms with Gasteiger partial charge in [-0.1, -0.05) is 57.2 Å². The summed E-state index contributed by atoms with van der Waals surface area (Å²) in [7, 11) is 0. The number of benzene rings is 1. The third kappa shape index (κ3) is 4.53. The zero-order chi connectivity index (χ0) is 28.7. The molecule has 39 heavy (non-hydrogen) atoms. The van der Waals surface area contributed by atoms with Gasteiger partial charge in [-0.2, -0.15) is 0 Å². The summed E-state index contributed by atoms with van der Waals surface area (Å²) in [5.74, 6) is -2.25. The monoisotopic (exact) mass is 554 g/mol. The number of aliphatic hydroxyl groups excluding tert-OH is 1. The van der Waals surface area contributed by atoms with Crippen molar-refractivity contribution in [2.75, 3.05) is 24.7 Å². The summed E-state index contributed by atoms with van der Waals surface area (Å²) in [6, 6.07) is 4.54. The van der Waals surface area contributed by atoms with Gasteiger partial charge in [0.25, 0.3) is 5.91 Å². The van der Waals surface area contributed by atoms with Gasteiger partial charge in [0.1, 0.15) is 12.6 Å². The lowest BCUT2D eigenvalue weighted by molar-refractivity contribution is -0.155. The number of thioether (sulfide) groups is 1. The van der Waals surface area contributed by atoms with E-state index in [2.05, 4.69) is 13.2 Å². The minimum Gasteiger partial charge on any atom is -0.461 e. The number of hydrogen-bond donors (Lipinski definition) is 1. The molecule has 0 saturated carbocycles. The quantitative estimate of drug-likeness (QED) is 0.322. The number of esters is 1. The topological polar surface area (TPSA) is 87.1 Å². The van der Waals surface area contributed by atoms with Crippen molar-refractivity contribution in [3.63, 3.8) is 0 Å². The smallest absolute Gasteiger partial charge is 0.311 e. The van der Waals surface area contributed by atoms with Crippen LogP contribution in [0.4, 0.5) is 5.69 Å². The molecule has 7 nitrogen and oxygen atoms in total. The van der Waals surface area contributed by atoms with Crippen LogP contribution in [0.3, 0.4) is 0 Å². The van der Waals surface area contributed by atoms with Crippen LogP contribution in [0, 0.1) is 31.6 Å². The van der Waals surface area contributed by atoms with Crippen molar-refractivity contribution in [2.45, 2.75) is 75.5 Å². The summed E-state index contributed by atoms with van der Waals surface area (Å²) in [6.45, 7) is 17.6. The van der Waals surface area contributed by atoms with Gasteiger partial charge in [-0.05, 0) is 50.7 Å². The van der Waals surface area contributed by atoms with Gasteiger partial charge in [-0.25, -0.2) is 0 Å². The highest BCUT2D eigenvalue weighted by Crippen LogP contribution is 2.72. The van der Waals surface area contributed by atoms with Crippen molar-refractivity contribution in [3.8, 4) is 0 Å². The highest BCUT2D eigenvalue weighted by Gasteiger charge is 2.78. The van der Waals surface area contributed by atoms with E-state index in [0.717, 1.165) is 23.2 Å². The van der Waals surface area contributed by atoms with Crippen molar-refractivity contribution in [2.24, 2.45) is 17.8 Å². The molecule has 2 bridgehead atoms. The third-order valence-corrected chi connectivity index (χ3v) is 11.2. The number of anilines is 1. The fraction of sp³-hybridized carbons (Fsp3) is 0.581. The summed E-state index contributed by atoms with van der Waals surface area (Å²) in [5, 5.41) is 10.6. The molecule has 8 heteroatoms. The summed E-state index contributed by atoms with van der Waals surface area (Å²) < 4.78 is 4.21. The van der Waals surface area contributed by atoms with E-state index in [0.29, 0.717) is 12.8 Å². The van der Waals surface area contributed by atoms with E-state index in [-0.39, 0.29) is 37.5 Å². The number of para-hydroxylation sites is 1. The fourth-order valence-electron chi connectivity index (χ4n) is 7.20. The maximum Gasteiger partial charge on any atom is 0.311 e. The zero-order valence-corrected chi connectivity index (χ0v) is 24.6. The van der Waals surface area contributed by atoms with Crippen molar-refractivity contribution >= 4 is 35.2 Å². The van der Waals surface area contributed by atoms with Crippen LogP contribution in [0.15, 0.2) is 43.5 Å². The van der Waals surface area contributed by atoms with Crippen molar-refractivity contribution in [1.29, 1.82) is 0 Å². The van der Waals surface area contributed by atoms with Gasteiger partial charge in [0.2, 0.25) is 5.91 Å². The maximum absolute atomic E-state index is 14.9. The molecule has 3 aliphatic rings. The number of ether oxygens (including phenoxy) is 1. The largest absolute Gasteiger partial charge is 0.461 e. The Hall–Kier alpha value is -2.58. The number of aryl methyl sites for hydroxylation is 2. The molecule has 1 N–H and O–H groups in total. The summed E-state index contributed by atoms with van der Waals surface area (Å²) in [6.07, 6.45) is 5.29. The zero-order valence-electron chi connectivity index (χ0n) is 23.8. The summed E-state index contributed by atoms with van der Waals surface area (Å²) >= 11 is 1.61. The SMILES string of the molecule is C=CCOC(=O)[C@@H]1[C@H]2C(=O)N([C@@H](CO)[C@@H](C)CC)C(C(=O)N(CC=C)c3c(C)cccc3C)C23CC[C@@]1(C)S3. The molecule has 4 rings (SSSR count). The van der Waals surface area contributed by atoms with Crippen LogP contribution in [-0.2, 0) is 19.1 Å². The second-order valence-corrected chi connectivity index (χ2v) is 13.4. The van der Waals surface area contributed by atoms with Crippen LogP contribution in [0.25, 0.3) is 0 Å². The maximum atomic E-state index is 14.9. The molecule has 1 aromatic carbocycles.